The van der Waals surface area contributed by atoms with Gasteiger partial charge >= 0.3 is 18.4 Å². The van der Waals surface area contributed by atoms with Gasteiger partial charge in [0.25, 0.3) is 0 Å². The average molecular weight is 612 g/mol. The van der Waals surface area contributed by atoms with E-state index in [9.17, 15) is 35.5 Å². The Morgan fingerprint density at radius 1 is 0.860 bits per heavy atom. The van der Waals surface area contributed by atoms with Gasteiger partial charge in [-0.05, 0) is 70.8 Å². The average Bonchev–Trinajstić information content (AvgIpc) is 3.19. The summed E-state index contributed by atoms with van der Waals surface area (Å²) in [4.78, 5) is 14.4. The van der Waals surface area contributed by atoms with Crippen LogP contribution in [0.2, 0.25) is 0 Å². The Hall–Kier alpha value is -3.76. The normalized spacial score (nSPS) is 17.7. The SMILES string of the molecule is COc1cc(F)c(C(C)C)cc1-c1ccc(C(C)C)cc1CN1C(=O)OC(c2cc(C(F)(F)F)cc(C(F)(F)F)c2)C1C. The second kappa shape index (κ2) is 11.7. The molecule has 43 heavy (non-hydrogen) atoms. The van der Waals surface area contributed by atoms with Gasteiger partial charge in [0.1, 0.15) is 17.7 Å². The fraction of sp³-hybridized carbons (Fsp3) is 0.406. The van der Waals surface area contributed by atoms with Crippen molar-refractivity contribution < 1.29 is 45.0 Å². The first-order chi connectivity index (χ1) is 19.9. The highest BCUT2D eigenvalue weighted by Crippen LogP contribution is 2.43. The maximum Gasteiger partial charge on any atom is 0.416 e. The lowest BCUT2D eigenvalue weighted by molar-refractivity contribution is -0.143. The number of carbonyl (C=O) groups is 1. The summed E-state index contributed by atoms with van der Waals surface area (Å²) < 4.78 is 107. The number of benzene rings is 3. The minimum absolute atomic E-state index is 0.0356. The van der Waals surface area contributed by atoms with Gasteiger partial charge in [-0.25, -0.2) is 9.18 Å². The van der Waals surface area contributed by atoms with Crippen LogP contribution in [0.1, 0.15) is 85.9 Å². The summed E-state index contributed by atoms with van der Waals surface area (Å²) in [6.07, 6.45) is -12.4. The van der Waals surface area contributed by atoms with E-state index in [0.29, 0.717) is 34.4 Å². The summed E-state index contributed by atoms with van der Waals surface area (Å²) in [5.74, 6) is -0.226. The maximum absolute atomic E-state index is 14.8. The minimum atomic E-state index is -5.04. The first-order valence-corrected chi connectivity index (χ1v) is 13.7. The van der Waals surface area contributed by atoms with Crippen molar-refractivity contribution in [1.82, 2.24) is 4.90 Å². The number of nitrogens with zero attached hydrogens (tertiary/aromatic N) is 1. The molecule has 11 heteroatoms. The molecule has 0 spiro atoms. The zero-order valence-corrected chi connectivity index (χ0v) is 24.5. The van der Waals surface area contributed by atoms with Crippen LogP contribution >= 0.6 is 0 Å². The molecule has 0 saturated carbocycles. The fourth-order valence-electron chi connectivity index (χ4n) is 5.25. The molecule has 2 unspecified atom stereocenters. The molecule has 1 aliphatic heterocycles. The number of alkyl halides is 6. The van der Waals surface area contributed by atoms with Gasteiger partial charge in [-0.1, -0.05) is 45.9 Å². The van der Waals surface area contributed by atoms with Crippen molar-refractivity contribution in [3.63, 3.8) is 0 Å². The Morgan fingerprint density at radius 3 is 1.98 bits per heavy atom. The molecule has 1 fully saturated rings. The molecule has 0 radical (unpaired) electrons. The highest BCUT2D eigenvalue weighted by Gasteiger charge is 2.43. The first-order valence-electron chi connectivity index (χ1n) is 13.7. The van der Waals surface area contributed by atoms with Crippen LogP contribution in [-0.4, -0.2) is 24.1 Å². The molecule has 4 nitrogen and oxygen atoms in total. The molecule has 0 aromatic heterocycles. The third-order valence-electron chi connectivity index (χ3n) is 7.70. The van der Waals surface area contributed by atoms with Crippen LogP contribution in [0.3, 0.4) is 0 Å². The number of methoxy groups -OCH3 is 1. The topological polar surface area (TPSA) is 38.8 Å². The van der Waals surface area contributed by atoms with Gasteiger partial charge in [-0.2, -0.15) is 26.3 Å². The Bertz CT molecular complexity index is 1480. The van der Waals surface area contributed by atoms with Crippen LogP contribution in [0.25, 0.3) is 11.1 Å². The molecule has 3 aromatic carbocycles. The van der Waals surface area contributed by atoms with E-state index in [-0.39, 0.29) is 30.2 Å². The van der Waals surface area contributed by atoms with Crippen molar-refractivity contribution in [2.24, 2.45) is 0 Å². The van der Waals surface area contributed by atoms with E-state index < -0.39 is 53.1 Å². The molecule has 0 aliphatic carbocycles. The number of hydrogen-bond donors (Lipinski definition) is 0. The van der Waals surface area contributed by atoms with E-state index in [2.05, 4.69) is 0 Å². The van der Waals surface area contributed by atoms with E-state index >= 15 is 0 Å². The summed E-state index contributed by atoms with van der Waals surface area (Å²) in [7, 11) is 1.41. The molecular formula is C32H32F7NO3. The third-order valence-corrected chi connectivity index (χ3v) is 7.70. The standard InChI is InChI=1S/C32H32F7NO3/c1-16(2)19-7-8-24(26-13-25(17(3)4)27(33)14-28(26)42-6)21(9-19)15-40-18(5)29(43-30(40)41)20-10-22(31(34,35)36)12-23(11-20)32(37,38)39/h7-14,16-18,29H,15H2,1-6H3. The quantitative estimate of drug-likeness (QED) is 0.250. The van der Waals surface area contributed by atoms with Gasteiger partial charge in [-0.15, -0.1) is 0 Å². The molecule has 0 bridgehead atoms. The van der Waals surface area contributed by atoms with E-state index in [0.717, 1.165) is 5.56 Å². The summed E-state index contributed by atoms with van der Waals surface area (Å²) in [6.45, 7) is 9.07. The lowest BCUT2D eigenvalue weighted by Crippen LogP contribution is -2.31. The summed E-state index contributed by atoms with van der Waals surface area (Å²) in [5, 5.41) is 0. The smallest absolute Gasteiger partial charge is 0.416 e. The minimum Gasteiger partial charge on any atom is -0.496 e. The highest BCUT2D eigenvalue weighted by molar-refractivity contribution is 5.76. The van der Waals surface area contributed by atoms with Crippen molar-refractivity contribution in [3.8, 4) is 16.9 Å². The van der Waals surface area contributed by atoms with Crippen molar-refractivity contribution in [1.29, 1.82) is 0 Å². The lowest BCUT2D eigenvalue weighted by Gasteiger charge is -2.25. The highest BCUT2D eigenvalue weighted by atomic mass is 19.4. The number of cyclic esters (lactones) is 1. The molecule has 232 valence electrons. The Morgan fingerprint density at radius 2 is 1.47 bits per heavy atom. The molecule has 3 aromatic rings. The molecular weight excluding hydrogens is 579 g/mol. The number of amides is 1. The molecule has 1 amide bonds. The lowest BCUT2D eigenvalue weighted by atomic mass is 9.90. The van der Waals surface area contributed by atoms with E-state index in [1.54, 1.807) is 6.07 Å². The second-order valence-corrected chi connectivity index (χ2v) is 11.3. The van der Waals surface area contributed by atoms with Gasteiger partial charge < -0.3 is 9.47 Å². The van der Waals surface area contributed by atoms with Gasteiger partial charge in [0, 0.05) is 11.6 Å². The van der Waals surface area contributed by atoms with Crippen LogP contribution in [0, 0.1) is 5.82 Å². The Kier molecular flexibility index (Phi) is 8.77. The maximum atomic E-state index is 14.8. The number of halogens is 7. The first kappa shape index (κ1) is 32.2. The van der Waals surface area contributed by atoms with Crippen molar-refractivity contribution in [2.75, 3.05) is 7.11 Å². The van der Waals surface area contributed by atoms with Crippen LogP contribution in [-0.2, 0) is 23.6 Å². The van der Waals surface area contributed by atoms with Gasteiger partial charge in [0.15, 0.2) is 0 Å². The van der Waals surface area contributed by atoms with Gasteiger partial charge in [-0.3, -0.25) is 4.90 Å². The monoisotopic (exact) mass is 611 g/mol. The molecule has 2 atom stereocenters. The second-order valence-electron chi connectivity index (χ2n) is 11.3. The zero-order chi connectivity index (χ0) is 32.0. The van der Waals surface area contributed by atoms with Crippen LogP contribution in [0.15, 0.2) is 48.5 Å². The summed E-state index contributed by atoms with van der Waals surface area (Å²) >= 11 is 0. The van der Waals surface area contributed by atoms with E-state index in [1.165, 1.54) is 25.0 Å². The van der Waals surface area contributed by atoms with Crippen LogP contribution in [0.5, 0.6) is 5.75 Å². The molecule has 1 aliphatic rings. The molecule has 4 rings (SSSR count). The van der Waals surface area contributed by atoms with E-state index in [4.69, 9.17) is 9.47 Å². The number of rotatable bonds is 7. The van der Waals surface area contributed by atoms with Crippen LogP contribution < -0.4 is 4.74 Å². The molecule has 1 saturated heterocycles. The van der Waals surface area contributed by atoms with Gasteiger partial charge in [0.2, 0.25) is 0 Å². The number of carbonyl (C=O) groups excluding carboxylic acids is 1. The van der Waals surface area contributed by atoms with E-state index in [1.807, 2.05) is 45.9 Å². The Labute approximate surface area is 245 Å². The number of ether oxygens (including phenoxy) is 2. The van der Waals surface area contributed by atoms with Crippen LogP contribution in [0.4, 0.5) is 35.5 Å². The van der Waals surface area contributed by atoms with Gasteiger partial charge in [0.05, 0.1) is 30.8 Å². The zero-order valence-electron chi connectivity index (χ0n) is 24.5. The third kappa shape index (κ3) is 6.60. The molecule has 1 heterocycles. The largest absolute Gasteiger partial charge is 0.496 e. The molecule has 0 N–H and O–H groups in total. The van der Waals surface area contributed by atoms with Crippen molar-refractivity contribution in [3.05, 3.63) is 87.7 Å². The summed E-state index contributed by atoms with van der Waals surface area (Å²) in [6, 6.07) is 8.85. The summed E-state index contributed by atoms with van der Waals surface area (Å²) in [5.41, 5.74) is -0.196. The van der Waals surface area contributed by atoms with Crippen molar-refractivity contribution in [2.45, 2.75) is 77.5 Å². The predicted octanol–water partition coefficient (Wildman–Crippen LogP) is 9.87. The number of hydrogen-bond acceptors (Lipinski definition) is 3. The fourth-order valence-corrected chi connectivity index (χ4v) is 5.25. The predicted molar refractivity (Wildman–Crippen MR) is 147 cm³/mol. The van der Waals surface area contributed by atoms with Crippen molar-refractivity contribution >= 4 is 6.09 Å². The Balaban J connectivity index is 1.79.